The predicted octanol–water partition coefficient (Wildman–Crippen LogP) is 4.01. The maximum atomic E-state index is 12.9. The summed E-state index contributed by atoms with van der Waals surface area (Å²) in [5.74, 6) is 0.547. The molecule has 6 atom stereocenters. The van der Waals surface area contributed by atoms with Crippen molar-refractivity contribution in [3.8, 4) is 0 Å². The highest BCUT2D eigenvalue weighted by Crippen LogP contribution is 2.57. The van der Waals surface area contributed by atoms with E-state index in [2.05, 4.69) is 20.8 Å². The molecule has 2 aliphatic rings. The van der Waals surface area contributed by atoms with E-state index < -0.39 is 6.10 Å². The van der Waals surface area contributed by atoms with E-state index in [4.69, 9.17) is 4.98 Å². The molecule has 1 aromatic heterocycles. The summed E-state index contributed by atoms with van der Waals surface area (Å²) in [7, 11) is 0. The topological polar surface area (TPSA) is 53.4 Å². The molecule has 0 bridgehead atoms. The summed E-state index contributed by atoms with van der Waals surface area (Å²) in [5.41, 5.74) is 1.30. The minimum atomic E-state index is -0.437. The number of fused-ring (bicyclic) bond motifs is 2. The maximum absolute atomic E-state index is 12.9. The molecule has 1 heterocycles. The number of thiazole rings is 1. The molecule has 146 valence electrons. The van der Waals surface area contributed by atoms with E-state index in [0.29, 0.717) is 0 Å². The first kappa shape index (κ1) is 19.8. The van der Waals surface area contributed by atoms with E-state index in [1.807, 2.05) is 37.0 Å². The lowest BCUT2D eigenvalue weighted by molar-refractivity contribution is -0.144. The van der Waals surface area contributed by atoms with Gasteiger partial charge in [0.2, 0.25) is 5.91 Å². The van der Waals surface area contributed by atoms with Gasteiger partial charge in [-0.3, -0.25) is 4.79 Å². The van der Waals surface area contributed by atoms with Crippen molar-refractivity contribution in [1.29, 1.82) is 0 Å². The Labute approximate surface area is 162 Å². The average Bonchev–Trinajstić information content (AvgIpc) is 2.95. The Morgan fingerprint density at radius 1 is 1.42 bits per heavy atom. The van der Waals surface area contributed by atoms with E-state index in [0.717, 1.165) is 37.4 Å². The van der Waals surface area contributed by atoms with Gasteiger partial charge in [-0.2, -0.15) is 0 Å². The Kier molecular flexibility index (Phi) is 5.51. The van der Waals surface area contributed by atoms with Crippen molar-refractivity contribution in [2.75, 3.05) is 13.1 Å². The van der Waals surface area contributed by atoms with Crippen LogP contribution in [0.2, 0.25) is 0 Å². The first-order chi connectivity index (χ1) is 12.2. The molecule has 1 amide bonds. The Morgan fingerprint density at radius 2 is 2.08 bits per heavy atom. The van der Waals surface area contributed by atoms with E-state index in [1.165, 1.54) is 10.6 Å². The van der Waals surface area contributed by atoms with Gasteiger partial charge in [-0.1, -0.05) is 20.8 Å². The largest absolute Gasteiger partial charge is 0.392 e. The summed E-state index contributed by atoms with van der Waals surface area (Å²) in [4.78, 5) is 21.0. The van der Waals surface area contributed by atoms with Crippen LogP contribution in [-0.4, -0.2) is 40.1 Å². The maximum Gasteiger partial charge on any atom is 0.225 e. The molecule has 1 aromatic rings. The zero-order chi connectivity index (χ0) is 19.2. The summed E-state index contributed by atoms with van der Waals surface area (Å²) in [5, 5.41) is 12.5. The molecule has 0 aromatic carbocycles. The molecule has 1 fully saturated rings. The average molecular weight is 379 g/mol. The van der Waals surface area contributed by atoms with Crippen molar-refractivity contribution in [2.45, 2.75) is 72.8 Å². The van der Waals surface area contributed by atoms with Crippen LogP contribution in [0.1, 0.15) is 69.0 Å². The standard InChI is InChI=1S/C21H34N2O2S/c1-7-23(8-2)20(25)12(3)15-9-10-21(6)11-16-18(22-14(5)26-16)13(4)17(21)19(15)24/h12-13,15,17,19,24H,7-11H2,1-6H3. The molecular weight excluding hydrogens is 344 g/mol. The van der Waals surface area contributed by atoms with Gasteiger partial charge in [0.15, 0.2) is 0 Å². The highest BCUT2D eigenvalue weighted by atomic mass is 32.1. The second-order valence-corrected chi connectivity index (χ2v) is 9.97. The van der Waals surface area contributed by atoms with Gasteiger partial charge in [0.1, 0.15) is 0 Å². The second kappa shape index (κ2) is 7.23. The van der Waals surface area contributed by atoms with Gasteiger partial charge in [-0.05, 0) is 57.3 Å². The summed E-state index contributed by atoms with van der Waals surface area (Å²) in [6.45, 7) is 14.2. The Morgan fingerprint density at radius 3 is 2.69 bits per heavy atom. The lowest BCUT2D eigenvalue weighted by Gasteiger charge is -2.53. The van der Waals surface area contributed by atoms with Gasteiger partial charge < -0.3 is 10.0 Å². The number of aliphatic hydroxyl groups excluding tert-OH is 1. The van der Waals surface area contributed by atoms with Gasteiger partial charge in [-0.25, -0.2) is 4.98 Å². The van der Waals surface area contributed by atoms with E-state index in [-0.39, 0.29) is 35.0 Å². The first-order valence-corrected chi connectivity index (χ1v) is 11.0. The van der Waals surface area contributed by atoms with Crippen LogP contribution in [0, 0.1) is 30.1 Å². The van der Waals surface area contributed by atoms with Gasteiger partial charge in [0.05, 0.1) is 16.8 Å². The molecule has 4 nitrogen and oxygen atoms in total. The zero-order valence-corrected chi connectivity index (χ0v) is 17.9. The van der Waals surface area contributed by atoms with Crippen molar-refractivity contribution in [3.63, 3.8) is 0 Å². The van der Waals surface area contributed by atoms with Crippen LogP contribution in [0.3, 0.4) is 0 Å². The number of carbonyl (C=O) groups excluding carboxylic acids is 1. The number of nitrogens with zero attached hydrogens (tertiary/aromatic N) is 2. The van der Waals surface area contributed by atoms with Crippen LogP contribution >= 0.6 is 11.3 Å². The molecule has 0 saturated heterocycles. The quantitative estimate of drug-likeness (QED) is 0.861. The van der Waals surface area contributed by atoms with Crippen LogP contribution in [0.4, 0.5) is 0 Å². The van der Waals surface area contributed by atoms with Crippen molar-refractivity contribution in [3.05, 3.63) is 15.6 Å². The SMILES string of the molecule is CCN(CC)C(=O)C(C)C1CCC2(C)Cc3sc(C)nc3C(C)C2C1O. The van der Waals surface area contributed by atoms with Crippen LogP contribution in [0.5, 0.6) is 0 Å². The smallest absolute Gasteiger partial charge is 0.225 e. The third kappa shape index (κ3) is 3.11. The molecule has 5 heteroatoms. The third-order valence-electron chi connectivity index (χ3n) is 7.14. The monoisotopic (exact) mass is 378 g/mol. The molecule has 0 spiro atoms. The summed E-state index contributed by atoms with van der Waals surface area (Å²) in [6, 6.07) is 0. The van der Waals surface area contributed by atoms with E-state index >= 15 is 0 Å². The second-order valence-electron chi connectivity index (χ2n) is 8.68. The Hall–Kier alpha value is -0.940. The molecule has 3 rings (SSSR count). The predicted molar refractivity (Wildman–Crippen MR) is 106 cm³/mol. The highest BCUT2D eigenvalue weighted by Gasteiger charge is 2.53. The number of aliphatic hydroxyl groups is 1. The van der Waals surface area contributed by atoms with Crippen LogP contribution < -0.4 is 0 Å². The van der Waals surface area contributed by atoms with Crippen molar-refractivity contribution in [2.24, 2.45) is 23.2 Å². The first-order valence-electron chi connectivity index (χ1n) is 10.2. The van der Waals surface area contributed by atoms with Crippen LogP contribution in [0.25, 0.3) is 0 Å². The van der Waals surface area contributed by atoms with Crippen LogP contribution in [0.15, 0.2) is 0 Å². The Bertz CT molecular complexity index is 669. The number of hydrogen-bond acceptors (Lipinski definition) is 4. The van der Waals surface area contributed by atoms with E-state index in [9.17, 15) is 9.90 Å². The lowest BCUT2D eigenvalue weighted by Crippen LogP contribution is -2.53. The fraction of sp³-hybridized carbons (Fsp3) is 0.810. The molecular formula is C21H34N2O2S. The number of carbonyl (C=O) groups is 1. The molecule has 1 N–H and O–H groups in total. The molecule has 1 saturated carbocycles. The summed E-state index contributed by atoms with van der Waals surface area (Å²) >= 11 is 1.82. The minimum Gasteiger partial charge on any atom is -0.392 e. The third-order valence-corrected chi connectivity index (χ3v) is 8.12. The number of rotatable bonds is 4. The lowest BCUT2D eigenvalue weighted by atomic mass is 9.53. The Balaban J connectivity index is 1.87. The molecule has 0 radical (unpaired) electrons. The summed E-state index contributed by atoms with van der Waals surface area (Å²) < 4.78 is 0. The fourth-order valence-corrected chi connectivity index (χ4v) is 6.91. The van der Waals surface area contributed by atoms with E-state index in [1.54, 1.807) is 0 Å². The van der Waals surface area contributed by atoms with Crippen molar-refractivity contribution >= 4 is 17.2 Å². The van der Waals surface area contributed by atoms with Gasteiger partial charge >= 0.3 is 0 Å². The molecule has 2 aliphatic carbocycles. The number of hydrogen-bond donors (Lipinski definition) is 1. The number of aryl methyl sites for hydroxylation is 1. The highest BCUT2D eigenvalue weighted by molar-refractivity contribution is 7.11. The number of aromatic nitrogens is 1. The number of amides is 1. The van der Waals surface area contributed by atoms with Crippen LogP contribution in [-0.2, 0) is 11.2 Å². The van der Waals surface area contributed by atoms with Gasteiger partial charge in [0, 0.05) is 29.8 Å². The van der Waals surface area contributed by atoms with Gasteiger partial charge in [0.25, 0.3) is 0 Å². The van der Waals surface area contributed by atoms with Crippen molar-refractivity contribution < 1.29 is 9.90 Å². The van der Waals surface area contributed by atoms with Gasteiger partial charge in [-0.15, -0.1) is 11.3 Å². The molecule has 6 unspecified atom stereocenters. The molecule has 26 heavy (non-hydrogen) atoms. The fourth-order valence-electron chi connectivity index (χ4n) is 5.67. The zero-order valence-electron chi connectivity index (χ0n) is 17.1. The molecule has 0 aliphatic heterocycles. The minimum absolute atomic E-state index is 0.0462. The van der Waals surface area contributed by atoms with Crippen molar-refractivity contribution in [1.82, 2.24) is 9.88 Å². The summed E-state index contributed by atoms with van der Waals surface area (Å²) in [6.07, 6.45) is 2.59. The normalized spacial score (nSPS) is 34.7.